The summed E-state index contributed by atoms with van der Waals surface area (Å²) in [4.78, 5) is 5.60. The molecule has 0 radical (unpaired) electrons. The second-order valence-electron chi connectivity index (χ2n) is 6.23. The number of rotatable bonds is 4. The summed E-state index contributed by atoms with van der Waals surface area (Å²) in [5.41, 5.74) is -0.228. The molecule has 140 valence electrons. The van der Waals surface area contributed by atoms with Gasteiger partial charge in [-0.25, -0.2) is 0 Å². The summed E-state index contributed by atoms with van der Waals surface area (Å²) in [6.07, 6.45) is -2.90. The lowest BCUT2D eigenvalue weighted by Crippen LogP contribution is -2.33. The Hall–Kier alpha value is -2.42. The molecule has 1 aliphatic rings. The van der Waals surface area contributed by atoms with Crippen LogP contribution >= 0.6 is 0 Å². The average molecular weight is 371 g/mol. The van der Waals surface area contributed by atoms with Crippen molar-refractivity contribution < 1.29 is 27.7 Å². The summed E-state index contributed by atoms with van der Waals surface area (Å²) in [6, 6.07) is 4.72. The van der Waals surface area contributed by atoms with Crippen molar-refractivity contribution in [2.24, 2.45) is 0 Å². The number of hydrogen-bond donors (Lipinski definition) is 1. The normalized spacial score (nSPS) is 17.7. The first-order valence-electron chi connectivity index (χ1n) is 8.06. The highest BCUT2D eigenvalue weighted by Gasteiger charge is 2.32. The summed E-state index contributed by atoms with van der Waals surface area (Å²) in [5, 5.41) is 18.2. The minimum atomic E-state index is -4.54. The monoisotopic (exact) mass is 371 g/mol. The Bertz CT molecular complexity index is 758. The van der Waals surface area contributed by atoms with Crippen LogP contribution in [0.1, 0.15) is 24.0 Å². The SMILES string of the molecule is Cc1cc(C(F)(F)F)cc(O)c1-c1ccc(N2CCC[C@H]2COF)nn1. The maximum absolute atomic E-state index is 12.8. The Labute approximate surface area is 147 Å². The third-order valence-corrected chi connectivity index (χ3v) is 4.48. The molecule has 1 aromatic heterocycles. The molecule has 26 heavy (non-hydrogen) atoms. The van der Waals surface area contributed by atoms with Gasteiger partial charge in [0.05, 0.1) is 17.3 Å². The van der Waals surface area contributed by atoms with E-state index in [9.17, 15) is 22.8 Å². The molecule has 5 nitrogen and oxygen atoms in total. The van der Waals surface area contributed by atoms with Crippen LogP contribution in [0.4, 0.5) is 23.5 Å². The molecule has 1 aliphatic heterocycles. The molecule has 0 saturated carbocycles. The highest BCUT2D eigenvalue weighted by Crippen LogP contribution is 2.38. The lowest BCUT2D eigenvalue weighted by molar-refractivity contribution is -0.137. The van der Waals surface area contributed by atoms with Gasteiger partial charge >= 0.3 is 6.18 Å². The number of hydrogen-bond acceptors (Lipinski definition) is 5. The Balaban J connectivity index is 1.90. The summed E-state index contributed by atoms with van der Waals surface area (Å²) >= 11 is 0. The summed E-state index contributed by atoms with van der Waals surface area (Å²) < 4.78 is 50.6. The number of aromatic hydroxyl groups is 1. The van der Waals surface area contributed by atoms with Crippen LogP contribution in [0.2, 0.25) is 0 Å². The third kappa shape index (κ3) is 3.57. The van der Waals surface area contributed by atoms with Gasteiger partial charge in [0.25, 0.3) is 0 Å². The van der Waals surface area contributed by atoms with E-state index >= 15 is 0 Å². The molecule has 1 N–H and O–H groups in total. The molecular weight excluding hydrogens is 354 g/mol. The fraction of sp³-hybridized carbons (Fsp3) is 0.412. The predicted molar refractivity (Wildman–Crippen MR) is 86.3 cm³/mol. The second kappa shape index (κ2) is 7.06. The van der Waals surface area contributed by atoms with E-state index in [1.165, 1.54) is 6.92 Å². The molecule has 0 unspecified atom stereocenters. The van der Waals surface area contributed by atoms with E-state index in [-0.39, 0.29) is 29.5 Å². The van der Waals surface area contributed by atoms with Gasteiger partial charge < -0.3 is 10.0 Å². The minimum absolute atomic E-state index is 0.0672. The number of aryl methyl sites for hydroxylation is 1. The van der Waals surface area contributed by atoms with E-state index in [2.05, 4.69) is 15.1 Å². The van der Waals surface area contributed by atoms with Crippen LogP contribution in [0.15, 0.2) is 24.3 Å². The van der Waals surface area contributed by atoms with Crippen molar-refractivity contribution in [1.29, 1.82) is 0 Å². The quantitative estimate of drug-likeness (QED) is 0.822. The van der Waals surface area contributed by atoms with Crippen molar-refractivity contribution >= 4 is 5.82 Å². The molecular formula is C17H17F4N3O2. The average Bonchev–Trinajstić information content (AvgIpc) is 3.02. The Morgan fingerprint density at radius 2 is 2.04 bits per heavy atom. The molecule has 0 aliphatic carbocycles. The number of phenolic OH excluding ortho intramolecular Hbond substituents is 1. The van der Waals surface area contributed by atoms with E-state index in [4.69, 9.17) is 0 Å². The van der Waals surface area contributed by atoms with Crippen LogP contribution < -0.4 is 4.90 Å². The summed E-state index contributed by atoms with van der Waals surface area (Å²) in [7, 11) is 0. The van der Waals surface area contributed by atoms with Crippen LogP contribution in [-0.4, -0.2) is 34.5 Å². The fourth-order valence-electron chi connectivity index (χ4n) is 3.26. The fourth-order valence-corrected chi connectivity index (χ4v) is 3.26. The van der Waals surface area contributed by atoms with Gasteiger partial charge in [0.15, 0.2) is 5.82 Å². The Morgan fingerprint density at radius 3 is 2.62 bits per heavy atom. The molecule has 9 heteroatoms. The molecule has 1 atom stereocenters. The van der Waals surface area contributed by atoms with Gasteiger partial charge in [0.2, 0.25) is 0 Å². The van der Waals surface area contributed by atoms with Crippen LogP contribution in [0.25, 0.3) is 11.3 Å². The van der Waals surface area contributed by atoms with Crippen molar-refractivity contribution in [3.05, 3.63) is 35.4 Å². The standard InChI is InChI=1S/C17H17F4N3O2/c1-10-7-11(17(18,19)20)8-14(25)16(10)13-4-5-15(23-22-13)24-6-2-3-12(24)9-26-21/h4-5,7-8,12,25H,2-3,6,9H2,1H3/t12-/m0/s1. The number of anilines is 1. The molecule has 0 amide bonds. The van der Waals surface area contributed by atoms with Crippen LogP contribution in [0.5, 0.6) is 5.75 Å². The predicted octanol–water partition coefficient (Wildman–Crippen LogP) is 4.05. The van der Waals surface area contributed by atoms with E-state index in [0.717, 1.165) is 18.9 Å². The molecule has 0 bridgehead atoms. The molecule has 3 rings (SSSR count). The van der Waals surface area contributed by atoms with Gasteiger partial charge in [-0.15, -0.1) is 10.2 Å². The first-order chi connectivity index (χ1) is 12.3. The van der Waals surface area contributed by atoms with Crippen LogP contribution in [-0.2, 0) is 11.1 Å². The Morgan fingerprint density at radius 1 is 1.27 bits per heavy atom. The molecule has 1 saturated heterocycles. The molecule has 1 fully saturated rings. The second-order valence-corrected chi connectivity index (χ2v) is 6.23. The van der Waals surface area contributed by atoms with Gasteiger partial charge in [0.1, 0.15) is 12.4 Å². The topological polar surface area (TPSA) is 58.5 Å². The van der Waals surface area contributed by atoms with Gasteiger partial charge in [0, 0.05) is 12.1 Å². The van der Waals surface area contributed by atoms with Gasteiger partial charge in [-0.05, 0) is 54.1 Å². The highest BCUT2D eigenvalue weighted by molar-refractivity contribution is 5.71. The number of halogens is 4. The van der Waals surface area contributed by atoms with E-state index in [1.54, 1.807) is 12.1 Å². The molecule has 1 aromatic carbocycles. The van der Waals surface area contributed by atoms with Crippen LogP contribution in [0, 0.1) is 6.92 Å². The number of phenols is 1. The third-order valence-electron chi connectivity index (χ3n) is 4.48. The first kappa shape index (κ1) is 18.4. The zero-order valence-electron chi connectivity index (χ0n) is 13.9. The van der Waals surface area contributed by atoms with Crippen LogP contribution in [0.3, 0.4) is 0 Å². The zero-order valence-corrected chi connectivity index (χ0v) is 13.9. The Kier molecular flexibility index (Phi) is 4.99. The van der Waals surface area contributed by atoms with E-state index < -0.39 is 17.5 Å². The van der Waals surface area contributed by atoms with E-state index in [0.29, 0.717) is 18.4 Å². The zero-order chi connectivity index (χ0) is 18.9. The highest BCUT2D eigenvalue weighted by atomic mass is 19.4. The number of benzene rings is 1. The maximum Gasteiger partial charge on any atom is 0.416 e. The van der Waals surface area contributed by atoms with Gasteiger partial charge in [-0.2, -0.15) is 18.1 Å². The summed E-state index contributed by atoms with van der Waals surface area (Å²) in [5.74, 6) is 0.0154. The van der Waals surface area contributed by atoms with Crippen molar-refractivity contribution in [2.45, 2.75) is 32.0 Å². The maximum atomic E-state index is 12.8. The summed E-state index contributed by atoms with van der Waals surface area (Å²) in [6.45, 7) is 2.09. The molecule has 2 aromatic rings. The molecule has 0 spiro atoms. The van der Waals surface area contributed by atoms with E-state index in [1.807, 2.05) is 4.90 Å². The lowest BCUT2D eigenvalue weighted by atomic mass is 10.0. The van der Waals surface area contributed by atoms with Crippen molar-refractivity contribution in [1.82, 2.24) is 10.2 Å². The number of nitrogens with zero attached hydrogens (tertiary/aromatic N) is 3. The first-order valence-corrected chi connectivity index (χ1v) is 8.06. The largest absolute Gasteiger partial charge is 0.507 e. The number of aromatic nitrogens is 2. The van der Waals surface area contributed by atoms with Crippen molar-refractivity contribution in [3.63, 3.8) is 0 Å². The van der Waals surface area contributed by atoms with Crippen molar-refractivity contribution in [3.8, 4) is 17.0 Å². The molecule has 2 heterocycles. The van der Waals surface area contributed by atoms with Gasteiger partial charge in [-0.1, -0.05) is 0 Å². The lowest BCUT2D eigenvalue weighted by Gasteiger charge is -2.23. The van der Waals surface area contributed by atoms with Crippen molar-refractivity contribution in [2.75, 3.05) is 18.1 Å². The number of alkyl halides is 3. The van der Waals surface area contributed by atoms with Gasteiger partial charge in [-0.3, -0.25) is 0 Å². The minimum Gasteiger partial charge on any atom is -0.507 e. The smallest absolute Gasteiger partial charge is 0.416 e.